The van der Waals surface area contributed by atoms with Crippen LogP contribution in [-0.4, -0.2) is 29.5 Å². The van der Waals surface area contributed by atoms with Gasteiger partial charge in [-0.05, 0) is 18.6 Å². The first-order valence-electron chi connectivity index (χ1n) is 9.11. The second kappa shape index (κ2) is 7.38. The number of aryl methyl sites for hydroxylation is 2. The third-order valence-corrected chi connectivity index (χ3v) is 4.77. The standard InChI is InChI=1S/C21H19FN6O/c1-13(20-19(29)7-8-28(26-20)17-10-24-27(3)12-17)15-5-4-6-16(9-15)21-23-11-18(22)14(2)25-21/h4-13H,1-3H3. The normalized spacial score (nSPS) is 12.1. The molecule has 4 aromatic rings. The predicted molar refractivity (Wildman–Crippen MR) is 106 cm³/mol. The van der Waals surface area contributed by atoms with Gasteiger partial charge >= 0.3 is 0 Å². The van der Waals surface area contributed by atoms with Gasteiger partial charge in [0.1, 0.15) is 11.4 Å². The molecule has 1 aromatic carbocycles. The predicted octanol–water partition coefficient (Wildman–Crippen LogP) is 3.02. The van der Waals surface area contributed by atoms with E-state index in [1.807, 2.05) is 44.4 Å². The molecule has 0 saturated carbocycles. The van der Waals surface area contributed by atoms with E-state index < -0.39 is 5.82 Å². The largest absolute Gasteiger partial charge is 0.288 e. The summed E-state index contributed by atoms with van der Waals surface area (Å²) >= 11 is 0. The molecule has 4 rings (SSSR count). The summed E-state index contributed by atoms with van der Waals surface area (Å²) in [7, 11) is 1.82. The van der Waals surface area contributed by atoms with Crippen molar-refractivity contribution >= 4 is 0 Å². The lowest BCUT2D eigenvalue weighted by atomic mass is 9.95. The zero-order chi connectivity index (χ0) is 20.5. The van der Waals surface area contributed by atoms with E-state index in [1.54, 1.807) is 28.7 Å². The van der Waals surface area contributed by atoms with Crippen LogP contribution in [0.15, 0.2) is 59.9 Å². The molecule has 0 fully saturated rings. The molecule has 146 valence electrons. The molecule has 0 saturated heterocycles. The number of rotatable bonds is 4. The van der Waals surface area contributed by atoms with Gasteiger partial charge in [-0.15, -0.1) is 0 Å². The monoisotopic (exact) mass is 390 g/mol. The fraction of sp³-hybridized carbons (Fsp3) is 0.190. The van der Waals surface area contributed by atoms with Gasteiger partial charge in [0.2, 0.25) is 5.43 Å². The van der Waals surface area contributed by atoms with Gasteiger partial charge in [-0.2, -0.15) is 10.2 Å². The van der Waals surface area contributed by atoms with Gasteiger partial charge < -0.3 is 0 Å². The van der Waals surface area contributed by atoms with Crippen LogP contribution in [0, 0.1) is 12.7 Å². The highest BCUT2D eigenvalue weighted by Gasteiger charge is 2.16. The van der Waals surface area contributed by atoms with E-state index in [1.165, 1.54) is 12.3 Å². The van der Waals surface area contributed by atoms with Crippen molar-refractivity contribution in [3.05, 3.63) is 88.1 Å². The fourth-order valence-corrected chi connectivity index (χ4v) is 3.09. The Morgan fingerprint density at radius 1 is 1.17 bits per heavy atom. The van der Waals surface area contributed by atoms with Gasteiger partial charge in [-0.3, -0.25) is 9.48 Å². The van der Waals surface area contributed by atoms with E-state index in [0.29, 0.717) is 11.5 Å². The molecule has 1 unspecified atom stereocenters. The molecule has 0 aliphatic rings. The summed E-state index contributed by atoms with van der Waals surface area (Å²) in [6.45, 7) is 3.52. The van der Waals surface area contributed by atoms with Gasteiger partial charge in [-0.1, -0.05) is 25.1 Å². The minimum absolute atomic E-state index is 0.142. The number of halogens is 1. The lowest BCUT2D eigenvalue weighted by Crippen LogP contribution is -2.18. The molecule has 0 amide bonds. The second-order valence-electron chi connectivity index (χ2n) is 6.86. The number of hydrogen-bond acceptors (Lipinski definition) is 5. The molecule has 0 radical (unpaired) electrons. The molecule has 29 heavy (non-hydrogen) atoms. The van der Waals surface area contributed by atoms with Crippen molar-refractivity contribution in [1.82, 2.24) is 29.5 Å². The number of benzene rings is 1. The maximum Gasteiger partial charge on any atom is 0.203 e. The number of nitrogens with zero attached hydrogens (tertiary/aromatic N) is 6. The molecule has 0 N–H and O–H groups in total. The first-order valence-corrected chi connectivity index (χ1v) is 9.11. The summed E-state index contributed by atoms with van der Waals surface area (Å²) in [4.78, 5) is 20.8. The molecule has 8 heteroatoms. The molecule has 0 spiro atoms. The van der Waals surface area contributed by atoms with Crippen molar-refractivity contribution in [2.24, 2.45) is 7.05 Å². The Balaban J connectivity index is 1.72. The zero-order valence-electron chi connectivity index (χ0n) is 16.2. The molecular formula is C21H19FN6O. The van der Waals surface area contributed by atoms with Gasteiger partial charge in [0.15, 0.2) is 11.6 Å². The summed E-state index contributed by atoms with van der Waals surface area (Å²) in [5, 5.41) is 8.67. The van der Waals surface area contributed by atoms with Crippen LogP contribution in [0.2, 0.25) is 0 Å². The van der Waals surface area contributed by atoms with E-state index in [4.69, 9.17) is 0 Å². The highest BCUT2D eigenvalue weighted by atomic mass is 19.1. The minimum atomic E-state index is -0.442. The Morgan fingerprint density at radius 2 is 2.00 bits per heavy atom. The van der Waals surface area contributed by atoms with Crippen LogP contribution in [0.1, 0.15) is 29.8 Å². The molecule has 0 bridgehead atoms. The molecular weight excluding hydrogens is 371 g/mol. The van der Waals surface area contributed by atoms with Crippen molar-refractivity contribution < 1.29 is 4.39 Å². The van der Waals surface area contributed by atoms with Crippen LogP contribution in [-0.2, 0) is 7.05 Å². The van der Waals surface area contributed by atoms with Gasteiger partial charge in [0.25, 0.3) is 0 Å². The second-order valence-corrected chi connectivity index (χ2v) is 6.86. The van der Waals surface area contributed by atoms with Crippen molar-refractivity contribution in [1.29, 1.82) is 0 Å². The average Bonchev–Trinajstić information content (AvgIpc) is 3.16. The van der Waals surface area contributed by atoms with E-state index in [0.717, 1.165) is 16.8 Å². The Bertz CT molecular complexity index is 1250. The van der Waals surface area contributed by atoms with Gasteiger partial charge in [0, 0.05) is 30.8 Å². The van der Waals surface area contributed by atoms with Crippen LogP contribution < -0.4 is 5.43 Å². The van der Waals surface area contributed by atoms with Crippen LogP contribution in [0.3, 0.4) is 0 Å². The Morgan fingerprint density at radius 3 is 2.72 bits per heavy atom. The van der Waals surface area contributed by atoms with Crippen molar-refractivity contribution in [2.75, 3.05) is 0 Å². The molecule has 0 aliphatic heterocycles. The van der Waals surface area contributed by atoms with E-state index in [2.05, 4.69) is 20.2 Å². The van der Waals surface area contributed by atoms with E-state index in [-0.39, 0.29) is 17.0 Å². The molecule has 3 aromatic heterocycles. The topological polar surface area (TPSA) is 78.5 Å². The van der Waals surface area contributed by atoms with E-state index in [9.17, 15) is 9.18 Å². The minimum Gasteiger partial charge on any atom is -0.288 e. The van der Waals surface area contributed by atoms with Crippen LogP contribution in [0.5, 0.6) is 0 Å². The Hall–Kier alpha value is -3.68. The average molecular weight is 390 g/mol. The lowest BCUT2D eigenvalue weighted by Gasteiger charge is -2.13. The van der Waals surface area contributed by atoms with Crippen LogP contribution in [0.25, 0.3) is 17.1 Å². The summed E-state index contributed by atoms with van der Waals surface area (Å²) in [5.41, 5.74) is 2.98. The SMILES string of the molecule is Cc1nc(-c2cccc(C(C)c3nn(-c4cnn(C)c4)ccc3=O)c2)ncc1F. The molecule has 7 nitrogen and oxygen atoms in total. The maximum atomic E-state index is 13.5. The quantitative estimate of drug-likeness (QED) is 0.535. The third kappa shape index (κ3) is 3.69. The fourth-order valence-electron chi connectivity index (χ4n) is 3.09. The van der Waals surface area contributed by atoms with Crippen molar-refractivity contribution in [2.45, 2.75) is 19.8 Å². The van der Waals surface area contributed by atoms with Crippen LogP contribution in [0.4, 0.5) is 4.39 Å². The Labute approximate surface area is 166 Å². The van der Waals surface area contributed by atoms with Crippen molar-refractivity contribution in [3.63, 3.8) is 0 Å². The zero-order valence-corrected chi connectivity index (χ0v) is 16.2. The first-order chi connectivity index (χ1) is 13.9. The number of hydrogen-bond donors (Lipinski definition) is 0. The smallest absolute Gasteiger partial charge is 0.203 e. The summed E-state index contributed by atoms with van der Waals surface area (Å²) in [6, 6.07) is 9.05. The van der Waals surface area contributed by atoms with Crippen molar-refractivity contribution in [3.8, 4) is 17.1 Å². The maximum absolute atomic E-state index is 13.5. The molecule has 3 heterocycles. The van der Waals surface area contributed by atoms with Crippen LogP contribution >= 0.6 is 0 Å². The number of aromatic nitrogens is 6. The summed E-state index contributed by atoms with van der Waals surface area (Å²) < 4.78 is 16.8. The van der Waals surface area contributed by atoms with Gasteiger partial charge in [0.05, 0.1) is 24.3 Å². The first kappa shape index (κ1) is 18.7. The summed E-state index contributed by atoms with van der Waals surface area (Å²) in [6.07, 6.45) is 6.29. The molecule has 1 atom stereocenters. The highest BCUT2D eigenvalue weighted by molar-refractivity contribution is 5.56. The highest BCUT2D eigenvalue weighted by Crippen LogP contribution is 2.25. The lowest BCUT2D eigenvalue weighted by molar-refractivity contribution is 0.602. The molecule has 0 aliphatic carbocycles. The van der Waals surface area contributed by atoms with Gasteiger partial charge in [-0.25, -0.2) is 19.0 Å². The Kier molecular flexibility index (Phi) is 4.75. The summed E-state index contributed by atoms with van der Waals surface area (Å²) in [5.74, 6) is -0.262. The third-order valence-electron chi connectivity index (χ3n) is 4.77. The van der Waals surface area contributed by atoms with E-state index >= 15 is 0 Å².